The van der Waals surface area contributed by atoms with E-state index in [-0.39, 0.29) is 0 Å². The number of rotatable bonds is 5. The number of hydrogen-bond donors (Lipinski definition) is 1. The third-order valence-electron chi connectivity index (χ3n) is 4.52. The Morgan fingerprint density at radius 2 is 1.72 bits per heavy atom. The van der Waals surface area contributed by atoms with E-state index in [2.05, 4.69) is 32.6 Å². The van der Waals surface area contributed by atoms with E-state index < -0.39 is 0 Å². The lowest BCUT2D eigenvalue weighted by atomic mass is 10.0. The van der Waals surface area contributed by atoms with Crippen molar-refractivity contribution in [2.24, 2.45) is 5.10 Å². The third-order valence-corrected chi connectivity index (χ3v) is 5.27. The Morgan fingerprint density at radius 1 is 0.897 bits per heavy atom. The van der Waals surface area contributed by atoms with Crippen LogP contribution in [0.3, 0.4) is 0 Å². The van der Waals surface area contributed by atoms with Crippen molar-refractivity contribution in [3.63, 3.8) is 0 Å². The van der Waals surface area contributed by atoms with Crippen LogP contribution in [0.1, 0.15) is 5.56 Å². The minimum absolute atomic E-state index is 0.762. The van der Waals surface area contributed by atoms with Gasteiger partial charge in [-0.25, -0.2) is 9.97 Å². The second-order valence-corrected chi connectivity index (χ2v) is 7.29. The highest BCUT2D eigenvalue weighted by molar-refractivity contribution is 7.14. The Morgan fingerprint density at radius 3 is 2.59 bits per heavy atom. The molecule has 5 aromatic rings. The van der Waals surface area contributed by atoms with Gasteiger partial charge in [0.15, 0.2) is 12.0 Å². The fourth-order valence-corrected chi connectivity index (χ4v) is 3.70. The lowest BCUT2D eigenvalue weighted by Gasteiger charge is -2.02. The van der Waals surface area contributed by atoms with Crippen LogP contribution in [0.5, 0.6) is 0 Å². The summed E-state index contributed by atoms with van der Waals surface area (Å²) in [4.78, 5) is 8.78. The fourth-order valence-electron chi connectivity index (χ4n) is 3.03. The van der Waals surface area contributed by atoms with Crippen molar-refractivity contribution in [1.82, 2.24) is 9.97 Å². The molecule has 0 unspecified atom stereocenters. The molecule has 0 aliphatic rings. The molecule has 6 heteroatoms. The van der Waals surface area contributed by atoms with E-state index in [0.29, 0.717) is 0 Å². The first-order chi connectivity index (χ1) is 14.3. The molecular formula is C23H16N4OS. The van der Waals surface area contributed by atoms with Gasteiger partial charge in [-0.05, 0) is 28.8 Å². The first-order valence-electron chi connectivity index (χ1n) is 9.09. The van der Waals surface area contributed by atoms with Crippen LogP contribution in [0.4, 0.5) is 5.13 Å². The van der Waals surface area contributed by atoms with E-state index in [1.807, 2.05) is 66.0 Å². The molecule has 0 saturated carbocycles. The molecule has 1 N–H and O–H groups in total. The maximum absolute atomic E-state index is 5.30. The normalized spacial score (nSPS) is 11.3. The van der Waals surface area contributed by atoms with Crippen LogP contribution in [0.2, 0.25) is 0 Å². The smallest absolute Gasteiger partial charge is 0.203 e. The summed E-state index contributed by atoms with van der Waals surface area (Å²) in [5.74, 6) is 0. The summed E-state index contributed by atoms with van der Waals surface area (Å²) in [6, 6.07) is 24.3. The minimum Gasteiger partial charge on any atom is -0.443 e. The number of anilines is 1. The molecule has 0 aliphatic carbocycles. The lowest BCUT2D eigenvalue weighted by molar-refractivity contribution is 0.602. The van der Waals surface area contributed by atoms with Crippen molar-refractivity contribution in [2.45, 2.75) is 0 Å². The number of nitrogens with one attached hydrogen (secondary N) is 1. The Bertz CT molecular complexity index is 1270. The van der Waals surface area contributed by atoms with Gasteiger partial charge in [-0.1, -0.05) is 60.7 Å². The molecule has 140 valence electrons. The van der Waals surface area contributed by atoms with Gasteiger partial charge in [-0.15, -0.1) is 11.3 Å². The molecule has 0 saturated heterocycles. The highest BCUT2D eigenvalue weighted by Crippen LogP contribution is 2.25. The van der Waals surface area contributed by atoms with Crippen LogP contribution in [-0.4, -0.2) is 16.2 Å². The Hall–Kier alpha value is -3.77. The van der Waals surface area contributed by atoms with Crippen LogP contribution < -0.4 is 5.43 Å². The van der Waals surface area contributed by atoms with E-state index in [4.69, 9.17) is 4.42 Å². The molecule has 3 aromatic carbocycles. The lowest BCUT2D eigenvalue weighted by Crippen LogP contribution is -1.90. The van der Waals surface area contributed by atoms with E-state index in [1.165, 1.54) is 17.7 Å². The molecule has 2 heterocycles. The van der Waals surface area contributed by atoms with E-state index in [1.54, 1.807) is 6.21 Å². The SMILES string of the molecule is C(=NNc1nc(-c2ccccc2)cs1)c1ccc(-c2ccc3ocnc3c2)cc1. The molecule has 0 atom stereocenters. The number of oxazole rings is 1. The van der Waals surface area contributed by atoms with Crippen LogP contribution in [0, 0.1) is 0 Å². The first-order valence-corrected chi connectivity index (χ1v) is 9.97. The van der Waals surface area contributed by atoms with Gasteiger partial charge in [0.25, 0.3) is 0 Å². The number of thiazole rings is 1. The molecule has 5 rings (SSSR count). The molecule has 5 nitrogen and oxygen atoms in total. The van der Waals surface area contributed by atoms with Crippen LogP contribution in [-0.2, 0) is 0 Å². The average molecular weight is 396 g/mol. The van der Waals surface area contributed by atoms with E-state index in [9.17, 15) is 0 Å². The van der Waals surface area contributed by atoms with Gasteiger partial charge in [0.1, 0.15) is 5.52 Å². The molecule has 0 aliphatic heterocycles. The predicted molar refractivity (Wildman–Crippen MR) is 118 cm³/mol. The topological polar surface area (TPSA) is 63.3 Å². The number of hydrogen-bond acceptors (Lipinski definition) is 6. The summed E-state index contributed by atoms with van der Waals surface area (Å²) in [5.41, 5.74) is 9.92. The minimum atomic E-state index is 0.762. The molecule has 2 aromatic heterocycles. The van der Waals surface area contributed by atoms with Crippen molar-refractivity contribution in [3.05, 3.63) is 90.1 Å². The van der Waals surface area contributed by atoms with Gasteiger partial charge in [0, 0.05) is 10.9 Å². The summed E-state index contributed by atoms with van der Waals surface area (Å²) >= 11 is 1.53. The average Bonchev–Trinajstić information content (AvgIpc) is 3.44. The van der Waals surface area contributed by atoms with E-state index in [0.717, 1.165) is 44.2 Å². The summed E-state index contributed by atoms with van der Waals surface area (Å²) in [5, 5.41) is 7.09. The maximum atomic E-state index is 5.30. The number of fused-ring (bicyclic) bond motifs is 1. The molecule has 0 bridgehead atoms. The number of nitrogens with zero attached hydrogens (tertiary/aromatic N) is 3. The Kier molecular flexibility index (Phi) is 4.60. The zero-order valence-electron chi connectivity index (χ0n) is 15.3. The molecule has 0 fully saturated rings. The zero-order valence-corrected chi connectivity index (χ0v) is 16.1. The second-order valence-electron chi connectivity index (χ2n) is 6.43. The van der Waals surface area contributed by atoms with Crippen LogP contribution in [0.25, 0.3) is 33.5 Å². The number of benzene rings is 3. The van der Waals surface area contributed by atoms with Crippen LogP contribution >= 0.6 is 11.3 Å². The largest absolute Gasteiger partial charge is 0.443 e. The number of aromatic nitrogens is 2. The van der Waals surface area contributed by atoms with Crippen LogP contribution in [0.15, 0.2) is 94.1 Å². The summed E-state index contributed by atoms with van der Waals surface area (Å²) in [6.07, 6.45) is 3.25. The third kappa shape index (κ3) is 3.79. The van der Waals surface area contributed by atoms with Crippen molar-refractivity contribution < 1.29 is 4.42 Å². The van der Waals surface area contributed by atoms with Crippen molar-refractivity contribution in [3.8, 4) is 22.4 Å². The molecule has 0 radical (unpaired) electrons. The predicted octanol–water partition coefficient (Wildman–Crippen LogP) is 6.06. The monoisotopic (exact) mass is 396 g/mol. The molecule has 29 heavy (non-hydrogen) atoms. The standard InChI is InChI=1S/C23H16N4OS/c1-2-4-18(5-3-1)21-14-29-23(26-21)27-25-13-16-6-8-17(9-7-16)19-10-11-22-20(12-19)24-15-28-22/h1-15H,(H,26,27). The van der Waals surface area contributed by atoms with Crippen molar-refractivity contribution >= 4 is 33.8 Å². The van der Waals surface area contributed by atoms with Gasteiger partial charge >= 0.3 is 0 Å². The van der Waals surface area contributed by atoms with E-state index >= 15 is 0 Å². The second kappa shape index (κ2) is 7.69. The zero-order chi connectivity index (χ0) is 19.5. The highest BCUT2D eigenvalue weighted by atomic mass is 32.1. The number of hydrazone groups is 1. The molecular weight excluding hydrogens is 380 g/mol. The van der Waals surface area contributed by atoms with Gasteiger partial charge in [-0.2, -0.15) is 5.10 Å². The summed E-state index contributed by atoms with van der Waals surface area (Å²) < 4.78 is 5.30. The van der Waals surface area contributed by atoms with Crippen molar-refractivity contribution in [2.75, 3.05) is 5.43 Å². The van der Waals surface area contributed by atoms with Gasteiger partial charge < -0.3 is 4.42 Å². The molecule has 0 spiro atoms. The fraction of sp³-hybridized carbons (Fsp3) is 0. The first kappa shape index (κ1) is 17.3. The van der Waals surface area contributed by atoms with Gasteiger partial charge in [0.2, 0.25) is 5.13 Å². The van der Waals surface area contributed by atoms with Crippen molar-refractivity contribution in [1.29, 1.82) is 0 Å². The quantitative estimate of drug-likeness (QED) is 0.289. The maximum Gasteiger partial charge on any atom is 0.203 e. The van der Waals surface area contributed by atoms with Gasteiger partial charge in [0.05, 0.1) is 11.9 Å². The molecule has 0 amide bonds. The Balaban J connectivity index is 1.26. The summed E-state index contributed by atoms with van der Waals surface area (Å²) in [7, 11) is 0. The summed E-state index contributed by atoms with van der Waals surface area (Å²) in [6.45, 7) is 0. The van der Waals surface area contributed by atoms with Gasteiger partial charge in [-0.3, -0.25) is 5.43 Å². The Labute approximate surface area is 171 Å². The highest BCUT2D eigenvalue weighted by Gasteiger charge is 2.04.